The van der Waals surface area contributed by atoms with E-state index in [2.05, 4.69) is 16.9 Å². The van der Waals surface area contributed by atoms with Gasteiger partial charge in [0.15, 0.2) is 5.69 Å². The second kappa shape index (κ2) is 5.61. The molecule has 0 unspecified atom stereocenters. The fourth-order valence-corrected chi connectivity index (χ4v) is 2.65. The van der Waals surface area contributed by atoms with E-state index in [1.54, 1.807) is 0 Å². The number of likely N-dealkylation sites (tertiary alicyclic amines) is 1. The van der Waals surface area contributed by atoms with Gasteiger partial charge in [0.05, 0.1) is 7.11 Å². The van der Waals surface area contributed by atoms with E-state index >= 15 is 0 Å². The smallest absolute Gasteiger partial charge is 0.360 e. The molecule has 106 valence electrons. The van der Waals surface area contributed by atoms with Crippen LogP contribution >= 0.6 is 0 Å². The molecule has 1 aliphatic rings. The molecule has 0 bridgehead atoms. The summed E-state index contributed by atoms with van der Waals surface area (Å²) in [5, 5.41) is 0. The van der Waals surface area contributed by atoms with E-state index in [0.29, 0.717) is 11.9 Å². The third kappa shape index (κ3) is 2.58. The Morgan fingerprint density at radius 3 is 2.63 bits per heavy atom. The second-order valence-corrected chi connectivity index (χ2v) is 5.01. The molecule has 0 atom stereocenters. The van der Waals surface area contributed by atoms with Crippen molar-refractivity contribution in [2.24, 2.45) is 0 Å². The first-order valence-electron chi connectivity index (χ1n) is 6.71. The number of hydrogen-bond donors (Lipinski definition) is 1. The lowest BCUT2D eigenvalue weighted by Crippen LogP contribution is -2.32. The molecule has 0 saturated carbocycles. The van der Waals surface area contributed by atoms with Crippen LogP contribution in [-0.4, -0.2) is 47.7 Å². The summed E-state index contributed by atoms with van der Waals surface area (Å²) in [6.07, 6.45) is 2.82. The number of nitrogens with two attached hydrogens (primary N) is 1. The van der Waals surface area contributed by atoms with Gasteiger partial charge >= 0.3 is 5.97 Å². The first-order valence-corrected chi connectivity index (χ1v) is 6.71. The molecule has 0 aliphatic carbocycles. The number of nitrogens with zero attached hydrogens (tertiary/aromatic N) is 3. The second-order valence-electron chi connectivity index (χ2n) is 5.01. The molecule has 2 rings (SSSR count). The Bertz CT molecular complexity index is 461. The number of aromatic nitrogens is 2. The first kappa shape index (κ1) is 13.9. The average molecular weight is 266 g/mol. The number of carbonyl (C=O) groups excluding carboxylic acids is 1. The Balaban J connectivity index is 2.33. The molecule has 1 aromatic rings. The Labute approximate surface area is 113 Å². The van der Waals surface area contributed by atoms with Crippen molar-refractivity contribution in [2.45, 2.75) is 32.2 Å². The summed E-state index contributed by atoms with van der Waals surface area (Å²) in [5.74, 6) is 0.851. The van der Waals surface area contributed by atoms with Gasteiger partial charge in [-0.2, -0.15) is 0 Å². The standard InChI is InChI=1S/C13H22N4O2/c1-4-10-15-11(13(18)19-3)12(14)17(10)9-5-7-16(2)8-6-9/h9H,4-8,14H2,1-3H3. The van der Waals surface area contributed by atoms with Crippen molar-refractivity contribution in [1.29, 1.82) is 0 Å². The number of ether oxygens (including phenoxy) is 1. The van der Waals surface area contributed by atoms with E-state index in [1.807, 2.05) is 11.5 Å². The summed E-state index contributed by atoms with van der Waals surface area (Å²) >= 11 is 0. The number of nitrogen functional groups attached to an aromatic ring is 1. The van der Waals surface area contributed by atoms with Crippen LogP contribution in [0.3, 0.4) is 0 Å². The maximum Gasteiger partial charge on any atom is 0.360 e. The molecule has 6 heteroatoms. The highest BCUT2D eigenvalue weighted by Gasteiger charge is 2.26. The molecular formula is C13H22N4O2. The summed E-state index contributed by atoms with van der Waals surface area (Å²) in [4.78, 5) is 18.3. The van der Waals surface area contributed by atoms with Gasteiger partial charge in [-0.05, 0) is 33.0 Å². The number of rotatable bonds is 3. The predicted molar refractivity (Wildman–Crippen MR) is 73.1 cm³/mol. The van der Waals surface area contributed by atoms with E-state index in [-0.39, 0.29) is 5.69 Å². The van der Waals surface area contributed by atoms with Gasteiger partial charge < -0.3 is 19.9 Å². The van der Waals surface area contributed by atoms with E-state index in [4.69, 9.17) is 10.5 Å². The molecule has 0 radical (unpaired) electrons. The van der Waals surface area contributed by atoms with Gasteiger partial charge in [0.1, 0.15) is 11.6 Å². The fraction of sp³-hybridized carbons (Fsp3) is 0.692. The van der Waals surface area contributed by atoms with Crippen molar-refractivity contribution in [3.05, 3.63) is 11.5 Å². The quantitative estimate of drug-likeness (QED) is 0.829. The van der Waals surface area contributed by atoms with Gasteiger partial charge in [0, 0.05) is 12.5 Å². The molecule has 2 N–H and O–H groups in total. The van der Waals surface area contributed by atoms with E-state index in [1.165, 1.54) is 7.11 Å². The average Bonchev–Trinajstić information content (AvgIpc) is 2.76. The predicted octanol–water partition coefficient (Wildman–Crippen LogP) is 1.08. The highest BCUT2D eigenvalue weighted by molar-refractivity contribution is 5.92. The lowest BCUT2D eigenvalue weighted by molar-refractivity contribution is 0.0595. The normalized spacial score (nSPS) is 17.6. The van der Waals surface area contributed by atoms with Gasteiger partial charge in [0.25, 0.3) is 0 Å². The van der Waals surface area contributed by atoms with Crippen LogP contribution in [-0.2, 0) is 11.2 Å². The molecular weight excluding hydrogens is 244 g/mol. The first-order chi connectivity index (χ1) is 9.08. The lowest BCUT2D eigenvalue weighted by atomic mass is 10.0. The maximum absolute atomic E-state index is 11.7. The summed E-state index contributed by atoms with van der Waals surface area (Å²) in [6.45, 7) is 4.10. The fourth-order valence-electron chi connectivity index (χ4n) is 2.65. The largest absolute Gasteiger partial charge is 0.464 e. The zero-order chi connectivity index (χ0) is 14.0. The van der Waals surface area contributed by atoms with Crippen molar-refractivity contribution in [3.63, 3.8) is 0 Å². The van der Waals surface area contributed by atoms with Crippen LogP contribution in [0.2, 0.25) is 0 Å². The van der Waals surface area contributed by atoms with Crippen LogP contribution in [0.25, 0.3) is 0 Å². The van der Waals surface area contributed by atoms with Crippen LogP contribution in [0, 0.1) is 0 Å². The third-order valence-corrected chi connectivity index (χ3v) is 3.77. The minimum absolute atomic E-state index is 0.248. The Hall–Kier alpha value is -1.56. The number of esters is 1. The molecule has 19 heavy (non-hydrogen) atoms. The van der Waals surface area contributed by atoms with Crippen LogP contribution in [0.5, 0.6) is 0 Å². The number of imidazole rings is 1. The Morgan fingerprint density at radius 2 is 2.11 bits per heavy atom. The van der Waals surface area contributed by atoms with Crippen LogP contribution in [0.4, 0.5) is 5.82 Å². The molecule has 0 aromatic carbocycles. The third-order valence-electron chi connectivity index (χ3n) is 3.77. The van der Waals surface area contributed by atoms with Crippen LogP contribution in [0.15, 0.2) is 0 Å². The van der Waals surface area contributed by atoms with E-state index < -0.39 is 5.97 Å². The molecule has 0 amide bonds. The SMILES string of the molecule is CCc1nc(C(=O)OC)c(N)n1C1CCN(C)CC1. The molecule has 1 saturated heterocycles. The maximum atomic E-state index is 11.7. The number of aryl methyl sites for hydroxylation is 1. The monoisotopic (exact) mass is 266 g/mol. The van der Waals surface area contributed by atoms with Crippen molar-refractivity contribution in [1.82, 2.24) is 14.5 Å². The lowest BCUT2D eigenvalue weighted by Gasteiger charge is -2.31. The summed E-state index contributed by atoms with van der Waals surface area (Å²) in [5.41, 5.74) is 6.36. The van der Waals surface area contributed by atoms with Crippen molar-refractivity contribution in [2.75, 3.05) is 33.0 Å². The number of methoxy groups -OCH3 is 1. The molecule has 6 nitrogen and oxygen atoms in total. The van der Waals surface area contributed by atoms with Crippen molar-refractivity contribution >= 4 is 11.8 Å². The summed E-state index contributed by atoms with van der Waals surface area (Å²) in [7, 11) is 3.47. The number of carbonyl (C=O) groups is 1. The van der Waals surface area contributed by atoms with Crippen molar-refractivity contribution in [3.8, 4) is 0 Å². The Morgan fingerprint density at radius 1 is 1.47 bits per heavy atom. The number of piperidine rings is 1. The zero-order valence-corrected chi connectivity index (χ0v) is 11.8. The van der Waals surface area contributed by atoms with Gasteiger partial charge in [-0.3, -0.25) is 0 Å². The van der Waals surface area contributed by atoms with Gasteiger partial charge in [-0.1, -0.05) is 6.92 Å². The van der Waals surface area contributed by atoms with Crippen LogP contribution < -0.4 is 5.73 Å². The molecule has 2 heterocycles. The highest BCUT2D eigenvalue weighted by Crippen LogP contribution is 2.28. The Kier molecular flexibility index (Phi) is 4.09. The molecule has 1 aromatic heterocycles. The minimum Gasteiger partial charge on any atom is -0.464 e. The molecule has 1 fully saturated rings. The number of anilines is 1. The van der Waals surface area contributed by atoms with E-state index in [0.717, 1.165) is 38.2 Å². The summed E-state index contributed by atoms with van der Waals surface area (Å²) < 4.78 is 6.76. The van der Waals surface area contributed by atoms with Crippen molar-refractivity contribution < 1.29 is 9.53 Å². The number of hydrogen-bond acceptors (Lipinski definition) is 5. The topological polar surface area (TPSA) is 73.4 Å². The highest BCUT2D eigenvalue weighted by atomic mass is 16.5. The van der Waals surface area contributed by atoms with Gasteiger partial charge in [0.2, 0.25) is 0 Å². The van der Waals surface area contributed by atoms with E-state index in [9.17, 15) is 4.79 Å². The molecule has 0 spiro atoms. The van der Waals surface area contributed by atoms with Crippen LogP contribution in [0.1, 0.15) is 42.1 Å². The van der Waals surface area contributed by atoms with Gasteiger partial charge in [-0.15, -0.1) is 0 Å². The molecule has 1 aliphatic heterocycles. The van der Waals surface area contributed by atoms with Gasteiger partial charge in [-0.25, -0.2) is 9.78 Å². The summed E-state index contributed by atoms with van der Waals surface area (Å²) in [6, 6.07) is 0.331. The zero-order valence-electron chi connectivity index (χ0n) is 11.8. The minimum atomic E-state index is -0.459.